The summed E-state index contributed by atoms with van der Waals surface area (Å²) < 4.78 is 4.62. The number of ether oxygens (including phenoxy) is 1. The Hall–Kier alpha value is -0.810. The number of rotatable bonds is 5. The van der Waals surface area contributed by atoms with Crippen molar-refractivity contribution in [3.63, 3.8) is 0 Å². The van der Waals surface area contributed by atoms with Crippen LogP contribution in [0.15, 0.2) is 0 Å². The van der Waals surface area contributed by atoms with E-state index in [2.05, 4.69) is 15.4 Å². The van der Waals surface area contributed by atoms with Crippen molar-refractivity contribution in [1.29, 1.82) is 0 Å². The van der Waals surface area contributed by atoms with Gasteiger partial charge in [0.15, 0.2) is 0 Å². The van der Waals surface area contributed by atoms with Crippen LogP contribution < -0.4 is 10.6 Å². The summed E-state index contributed by atoms with van der Waals surface area (Å²) in [5.74, 6) is -0.117. The van der Waals surface area contributed by atoms with Crippen LogP contribution in [-0.2, 0) is 14.3 Å². The smallest absolute Gasteiger partial charge is 0.328 e. The number of esters is 1. The first-order valence-corrected chi connectivity index (χ1v) is 5.69. The molecule has 1 aliphatic heterocycles. The van der Waals surface area contributed by atoms with Gasteiger partial charge in [-0.1, -0.05) is 13.8 Å². The first kappa shape index (κ1) is 16.2. The molecule has 5 nitrogen and oxygen atoms in total. The molecule has 2 N–H and O–H groups in total. The zero-order valence-corrected chi connectivity index (χ0v) is 11.3. The molecule has 0 radical (unpaired) electrons. The average molecular weight is 265 g/mol. The average Bonchev–Trinajstić information content (AvgIpc) is 2.21. The highest BCUT2D eigenvalue weighted by molar-refractivity contribution is 5.86. The predicted octanol–water partition coefficient (Wildman–Crippen LogP) is 0.331. The quantitative estimate of drug-likeness (QED) is 0.703. The van der Waals surface area contributed by atoms with E-state index in [1.807, 2.05) is 13.8 Å². The van der Waals surface area contributed by atoms with Crippen molar-refractivity contribution in [2.75, 3.05) is 20.2 Å². The van der Waals surface area contributed by atoms with E-state index in [4.69, 9.17) is 0 Å². The van der Waals surface area contributed by atoms with Crippen molar-refractivity contribution >= 4 is 24.3 Å². The first-order chi connectivity index (χ1) is 7.60. The van der Waals surface area contributed by atoms with Gasteiger partial charge in [0.2, 0.25) is 5.91 Å². The Bertz CT molecular complexity index is 269. The van der Waals surface area contributed by atoms with Crippen LogP contribution in [0.2, 0.25) is 0 Å². The van der Waals surface area contributed by atoms with Crippen molar-refractivity contribution < 1.29 is 14.3 Å². The van der Waals surface area contributed by atoms with Crippen molar-refractivity contribution in [1.82, 2.24) is 10.6 Å². The third-order valence-electron chi connectivity index (χ3n) is 3.14. The highest BCUT2D eigenvalue weighted by Gasteiger charge is 2.30. The molecule has 2 unspecified atom stereocenters. The molecule has 0 spiro atoms. The third kappa shape index (κ3) is 4.16. The van der Waals surface area contributed by atoms with Crippen LogP contribution in [0, 0.1) is 11.8 Å². The van der Waals surface area contributed by atoms with Crippen molar-refractivity contribution in [2.24, 2.45) is 11.8 Å². The number of amides is 1. The summed E-state index contributed by atoms with van der Waals surface area (Å²) in [4.78, 5) is 23.1. The minimum atomic E-state index is -0.520. The number of halogens is 1. The van der Waals surface area contributed by atoms with Gasteiger partial charge in [-0.15, -0.1) is 12.4 Å². The molecule has 1 saturated heterocycles. The lowest BCUT2D eigenvalue weighted by Gasteiger charge is -2.32. The van der Waals surface area contributed by atoms with Crippen LogP contribution in [0.5, 0.6) is 0 Å². The van der Waals surface area contributed by atoms with Crippen LogP contribution in [0.25, 0.3) is 0 Å². The van der Waals surface area contributed by atoms with Crippen LogP contribution in [0.1, 0.15) is 20.3 Å². The van der Waals surface area contributed by atoms with Crippen LogP contribution in [0.4, 0.5) is 0 Å². The fourth-order valence-electron chi connectivity index (χ4n) is 1.65. The SMILES string of the molecule is CCC(NC(=O)C(C)C1CNC1)C(=O)OC.Cl. The van der Waals surface area contributed by atoms with Gasteiger partial charge in [-0.3, -0.25) is 4.79 Å². The molecule has 1 aliphatic rings. The Kier molecular flexibility index (Phi) is 7.15. The summed E-state index contributed by atoms with van der Waals surface area (Å²) in [5, 5.41) is 5.85. The van der Waals surface area contributed by atoms with Crippen molar-refractivity contribution in [3.8, 4) is 0 Å². The molecule has 0 aliphatic carbocycles. The summed E-state index contributed by atoms with van der Waals surface area (Å²) >= 11 is 0. The predicted molar refractivity (Wildman–Crippen MR) is 67.0 cm³/mol. The maximum Gasteiger partial charge on any atom is 0.328 e. The Labute approximate surface area is 108 Å². The first-order valence-electron chi connectivity index (χ1n) is 5.69. The fraction of sp³-hybridized carbons (Fsp3) is 0.818. The largest absolute Gasteiger partial charge is 0.467 e. The topological polar surface area (TPSA) is 67.4 Å². The van der Waals surface area contributed by atoms with Gasteiger partial charge in [0.25, 0.3) is 0 Å². The Balaban J connectivity index is 0.00000256. The van der Waals surface area contributed by atoms with E-state index in [-0.39, 0.29) is 30.2 Å². The maximum absolute atomic E-state index is 11.8. The summed E-state index contributed by atoms with van der Waals surface area (Å²) in [6.45, 7) is 5.50. The van der Waals surface area contributed by atoms with Gasteiger partial charge < -0.3 is 15.4 Å². The highest BCUT2D eigenvalue weighted by Crippen LogP contribution is 2.16. The van der Waals surface area contributed by atoms with Gasteiger partial charge in [0.05, 0.1) is 7.11 Å². The molecule has 0 aromatic heterocycles. The van der Waals surface area contributed by atoms with Crippen LogP contribution in [-0.4, -0.2) is 38.1 Å². The lowest BCUT2D eigenvalue weighted by atomic mass is 9.88. The lowest BCUT2D eigenvalue weighted by Crippen LogP contribution is -2.52. The molecule has 1 fully saturated rings. The van der Waals surface area contributed by atoms with E-state index < -0.39 is 6.04 Å². The van der Waals surface area contributed by atoms with Crippen LogP contribution in [0.3, 0.4) is 0 Å². The Morgan fingerprint density at radius 2 is 2.06 bits per heavy atom. The normalized spacial score (nSPS) is 18.3. The second-order valence-electron chi connectivity index (χ2n) is 4.20. The van der Waals surface area contributed by atoms with Gasteiger partial charge in [0.1, 0.15) is 6.04 Å². The molecule has 17 heavy (non-hydrogen) atoms. The summed E-state index contributed by atoms with van der Waals surface area (Å²) in [6.07, 6.45) is 0.550. The van der Waals surface area contributed by atoms with E-state index in [1.165, 1.54) is 7.11 Å². The zero-order valence-electron chi connectivity index (χ0n) is 10.5. The van der Waals surface area contributed by atoms with E-state index >= 15 is 0 Å². The molecule has 1 rings (SSSR count). The van der Waals surface area contributed by atoms with E-state index in [0.29, 0.717) is 12.3 Å². The summed E-state index contributed by atoms with van der Waals surface area (Å²) in [5.41, 5.74) is 0. The molecule has 2 atom stereocenters. The van der Waals surface area contributed by atoms with Gasteiger partial charge >= 0.3 is 5.97 Å². The molecular formula is C11H21ClN2O3. The Morgan fingerprint density at radius 3 is 2.41 bits per heavy atom. The number of carbonyl (C=O) groups excluding carboxylic acids is 2. The summed E-state index contributed by atoms with van der Waals surface area (Å²) in [7, 11) is 1.33. The highest BCUT2D eigenvalue weighted by atomic mass is 35.5. The van der Waals surface area contributed by atoms with Gasteiger partial charge in [-0.25, -0.2) is 4.79 Å². The third-order valence-corrected chi connectivity index (χ3v) is 3.14. The van der Waals surface area contributed by atoms with Crippen LogP contribution >= 0.6 is 12.4 Å². The molecular weight excluding hydrogens is 244 g/mol. The minimum Gasteiger partial charge on any atom is -0.467 e. The van der Waals surface area contributed by atoms with Gasteiger partial charge in [-0.2, -0.15) is 0 Å². The van der Waals surface area contributed by atoms with Gasteiger partial charge in [0, 0.05) is 5.92 Å². The molecule has 100 valence electrons. The number of hydrogen-bond acceptors (Lipinski definition) is 4. The van der Waals surface area contributed by atoms with E-state index in [0.717, 1.165) is 13.1 Å². The minimum absolute atomic E-state index is 0. The fourth-order valence-corrected chi connectivity index (χ4v) is 1.65. The monoisotopic (exact) mass is 264 g/mol. The number of nitrogens with one attached hydrogen (secondary N) is 2. The lowest BCUT2D eigenvalue weighted by molar-refractivity contribution is -0.146. The molecule has 0 bridgehead atoms. The maximum atomic E-state index is 11.8. The second-order valence-corrected chi connectivity index (χ2v) is 4.20. The molecule has 1 amide bonds. The number of methoxy groups -OCH3 is 1. The number of carbonyl (C=O) groups is 2. The van der Waals surface area contributed by atoms with Gasteiger partial charge in [-0.05, 0) is 25.4 Å². The molecule has 1 heterocycles. The molecule has 0 aromatic carbocycles. The molecule has 0 saturated carbocycles. The Morgan fingerprint density at radius 1 is 1.47 bits per heavy atom. The van der Waals surface area contributed by atoms with E-state index in [1.54, 1.807) is 0 Å². The second kappa shape index (κ2) is 7.50. The van der Waals surface area contributed by atoms with Crippen molar-refractivity contribution in [2.45, 2.75) is 26.3 Å². The summed E-state index contributed by atoms with van der Waals surface area (Å²) in [6, 6.07) is -0.520. The van der Waals surface area contributed by atoms with Crippen molar-refractivity contribution in [3.05, 3.63) is 0 Å². The number of hydrogen-bond donors (Lipinski definition) is 2. The van der Waals surface area contributed by atoms with E-state index in [9.17, 15) is 9.59 Å². The molecule has 6 heteroatoms. The molecule has 0 aromatic rings. The zero-order chi connectivity index (χ0) is 12.1. The standard InChI is InChI=1S/C11H20N2O3.ClH/c1-4-9(11(15)16-3)13-10(14)7(2)8-5-12-6-8;/h7-9,12H,4-6H2,1-3H3,(H,13,14);1H.